The van der Waals surface area contributed by atoms with Crippen LogP contribution in [0.15, 0.2) is 18.2 Å². The predicted octanol–water partition coefficient (Wildman–Crippen LogP) is 4.03. The fourth-order valence-corrected chi connectivity index (χ4v) is 2.02. The van der Waals surface area contributed by atoms with Gasteiger partial charge in [-0.05, 0) is 25.1 Å². The number of nitrogens with two attached hydrogens (primary N) is 1. The minimum absolute atomic E-state index is 0.412. The third-order valence-corrected chi connectivity index (χ3v) is 2.99. The normalized spacial score (nSPS) is 10.5. The van der Waals surface area contributed by atoms with Crippen molar-refractivity contribution in [3.63, 3.8) is 0 Å². The zero-order valence-corrected chi connectivity index (χ0v) is 12.1. The first kappa shape index (κ1) is 13.9. The van der Waals surface area contributed by atoms with Crippen molar-refractivity contribution in [2.75, 3.05) is 5.73 Å². The van der Waals surface area contributed by atoms with Gasteiger partial charge in [0.2, 0.25) is 5.88 Å². The molecule has 4 nitrogen and oxygen atoms in total. The molecule has 0 amide bonds. The standard InChI is InChI=1S/C13H13Cl2N3O/c1-3-11-17-12(16)7(2)13(18-11)19-10-5-8(14)4-9(15)6-10/h4-6H,3H2,1-2H3,(H2,16,17,18). The summed E-state index contributed by atoms with van der Waals surface area (Å²) in [6, 6.07) is 4.96. The van der Waals surface area contributed by atoms with E-state index in [1.165, 1.54) is 0 Å². The molecule has 0 aliphatic heterocycles. The van der Waals surface area contributed by atoms with Crippen LogP contribution in [0.25, 0.3) is 0 Å². The largest absolute Gasteiger partial charge is 0.438 e. The lowest BCUT2D eigenvalue weighted by Gasteiger charge is -2.11. The number of aryl methyl sites for hydroxylation is 1. The molecule has 0 saturated carbocycles. The third kappa shape index (κ3) is 3.28. The lowest BCUT2D eigenvalue weighted by atomic mass is 10.3. The maximum atomic E-state index is 5.92. The van der Waals surface area contributed by atoms with Crippen LogP contribution >= 0.6 is 23.2 Å². The number of anilines is 1. The van der Waals surface area contributed by atoms with Crippen LogP contribution in [0.4, 0.5) is 5.82 Å². The minimum Gasteiger partial charge on any atom is -0.438 e. The Kier molecular flexibility index (Phi) is 4.12. The van der Waals surface area contributed by atoms with Gasteiger partial charge in [-0.1, -0.05) is 30.1 Å². The second-order valence-corrected chi connectivity index (χ2v) is 4.89. The second-order valence-electron chi connectivity index (χ2n) is 4.02. The highest BCUT2D eigenvalue weighted by atomic mass is 35.5. The van der Waals surface area contributed by atoms with E-state index in [2.05, 4.69) is 9.97 Å². The Hall–Kier alpha value is -1.52. The topological polar surface area (TPSA) is 61.0 Å². The molecule has 6 heteroatoms. The van der Waals surface area contributed by atoms with E-state index in [-0.39, 0.29) is 0 Å². The van der Waals surface area contributed by atoms with Crippen molar-refractivity contribution in [3.8, 4) is 11.6 Å². The molecule has 2 rings (SSSR count). The maximum Gasteiger partial charge on any atom is 0.227 e. The lowest BCUT2D eigenvalue weighted by Crippen LogP contribution is -2.04. The van der Waals surface area contributed by atoms with Crippen LogP contribution in [-0.2, 0) is 6.42 Å². The summed E-state index contributed by atoms with van der Waals surface area (Å²) in [6.45, 7) is 3.75. The summed E-state index contributed by atoms with van der Waals surface area (Å²) in [5.74, 6) is 1.98. The highest BCUT2D eigenvalue weighted by Gasteiger charge is 2.11. The van der Waals surface area contributed by atoms with Gasteiger partial charge in [0.1, 0.15) is 17.4 Å². The number of aromatic nitrogens is 2. The van der Waals surface area contributed by atoms with Crippen LogP contribution in [0.3, 0.4) is 0 Å². The molecule has 0 saturated heterocycles. The van der Waals surface area contributed by atoms with E-state index in [0.717, 1.165) is 0 Å². The van der Waals surface area contributed by atoms with Gasteiger partial charge in [0, 0.05) is 16.5 Å². The molecule has 0 radical (unpaired) electrons. The molecular weight excluding hydrogens is 285 g/mol. The average molecular weight is 298 g/mol. The summed E-state index contributed by atoms with van der Waals surface area (Å²) < 4.78 is 5.69. The van der Waals surface area contributed by atoms with Crippen molar-refractivity contribution >= 4 is 29.0 Å². The summed E-state index contributed by atoms with van der Waals surface area (Å²) in [5, 5.41) is 0.996. The van der Waals surface area contributed by atoms with Gasteiger partial charge in [0.15, 0.2) is 0 Å². The molecule has 1 aromatic heterocycles. The van der Waals surface area contributed by atoms with E-state index in [1.807, 2.05) is 6.92 Å². The number of rotatable bonds is 3. The van der Waals surface area contributed by atoms with Gasteiger partial charge in [-0.2, -0.15) is 4.98 Å². The first-order valence-electron chi connectivity index (χ1n) is 5.76. The highest BCUT2D eigenvalue weighted by molar-refractivity contribution is 6.34. The second kappa shape index (κ2) is 5.63. The van der Waals surface area contributed by atoms with E-state index in [1.54, 1.807) is 25.1 Å². The molecule has 2 N–H and O–H groups in total. The van der Waals surface area contributed by atoms with Crippen LogP contribution in [-0.4, -0.2) is 9.97 Å². The van der Waals surface area contributed by atoms with Crippen LogP contribution in [0.2, 0.25) is 10.0 Å². The molecule has 0 fully saturated rings. The Morgan fingerprint density at radius 2 is 1.79 bits per heavy atom. The summed E-state index contributed by atoms with van der Waals surface area (Å²) >= 11 is 11.8. The van der Waals surface area contributed by atoms with Crippen molar-refractivity contribution in [2.24, 2.45) is 0 Å². The number of halogens is 2. The van der Waals surface area contributed by atoms with E-state index in [9.17, 15) is 0 Å². The number of benzene rings is 1. The molecule has 0 spiro atoms. The molecule has 1 aromatic carbocycles. The molecule has 0 bridgehead atoms. The Labute approximate surface area is 121 Å². The predicted molar refractivity (Wildman–Crippen MR) is 77.1 cm³/mol. The zero-order valence-electron chi connectivity index (χ0n) is 10.6. The number of ether oxygens (including phenoxy) is 1. The van der Waals surface area contributed by atoms with Crippen molar-refractivity contribution in [1.29, 1.82) is 0 Å². The van der Waals surface area contributed by atoms with E-state index < -0.39 is 0 Å². The molecule has 0 unspecified atom stereocenters. The van der Waals surface area contributed by atoms with Gasteiger partial charge >= 0.3 is 0 Å². The van der Waals surface area contributed by atoms with Crippen molar-refractivity contribution in [3.05, 3.63) is 39.6 Å². The zero-order chi connectivity index (χ0) is 14.0. The number of nitrogens with zero attached hydrogens (tertiary/aromatic N) is 2. The summed E-state index contributed by atoms with van der Waals surface area (Å²) in [5.41, 5.74) is 6.52. The number of hydrogen-bond donors (Lipinski definition) is 1. The van der Waals surface area contributed by atoms with Gasteiger partial charge in [0.25, 0.3) is 0 Å². The van der Waals surface area contributed by atoms with Gasteiger partial charge in [-0.15, -0.1) is 0 Å². The molecule has 2 aromatic rings. The van der Waals surface area contributed by atoms with Crippen molar-refractivity contribution < 1.29 is 4.74 Å². The van der Waals surface area contributed by atoms with Gasteiger partial charge in [-0.25, -0.2) is 4.98 Å². The molecular formula is C13H13Cl2N3O. The van der Waals surface area contributed by atoms with E-state index >= 15 is 0 Å². The molecule has 0 atom stereocenters. The highest BCUT2D eigenvalue weighted by Crippen LogP contribution is 2.30. The summed E-state index contributed by atoms with van der Waals surface area (Å²) in [4.78, 5) is 8.47. The number of hydrogen-bond acceptors (Lipinski definition) is 4. The van der Waals surface area contributed by atoms with Gasteiger partial charge in [0.05, 0.1) is 5.56 Å². The van der Waals surface area contributed by atoms with E-state index in [4.69, 9.17) is 33.7 Å². The third-order valence-electron chi connectivity index (χ3n) is 2.55. The van der Waals surface area contributed by atoms with Crippen LogP contribution in [0, 0.1) is 6.92 Å². The molecule has 1 heterocycles. The first-order chi connectivity index (χ1) is 8.99. The van der Waals surface area contributed by atoms with Crippen LogP contribution in [0.1, 0.15) is 18.3 Å². The lowest BCUT2D eigenvalue weighted by molar-refractivity contribution is 0.455. The van der Waals surface area contributed by atoms with Crippen LogP contribution < -0.4 is 10.5 Å². The Morgan fingerprint density at radius 1 is 1.16 bits per heavy atom. The Balaban J connectivity index is 2.39. The Bertz CT molecular complexity index is 597. The fourth-order valence-electron chi connectivity index (χ4n) is 1.52. The molecule has 19 heavy (non-hydrogen) atoms. The fraction of sp³-hybridized carbons (Fsp3) is 0.231. The number of nitrogen functional groups attached to an aromatic ring is 1. The van der Waals surface area contributed by atoms with Crippen molar-refractivity contribution in [1.82, 2.24) is 9.97 Å². The SMILES string of the molecule is CCc1nc(N)c(C)c(Oc2cc(Cl)cc(Cl)c2)n1. The van der Waals surface area contributed by atoms with Gasteiger partial charge in [-0.3, -0.25) is 0 Å². The quantitative estimate of drug-likeness (QED) is 0.929. The first-order valence-corrected chi connectivity index (χ1v) is 6.52. The monoisotopic (exact) mass is 297 g/mol. The molecule has 0 aliphatic carbocycles. The smallest absolute Gasteiger partial charge is 0.227 e. The van der Waals surface area contributed by atoms with E-state index in [0.29, 0.717) is 45.3 Å². The minimum atomic E-state index is 0.412. The molecule has 100 valence electrons. The van der Waals surface area contributed by atoms with Crippen LogP contribution in [0.5, 0.6) is 11.6 Å². The Morgan fingerprint density at radius 3 is 2.37 bits per heavy atom. The maximum absolute atomic E-state index is 5.92. The molecule has 0 aliphatic rings. The van der Waals surface area contributed by atoms with Crippen molar-refractivity contribution in [2.45, 2.75) is 20.3 Å². The van der Waals surface area contributed by atoms with Gasteiger partial charge < -0.3 is 10.5 Å². The summed E-state index contributed by atoms with van der Waals surface area (Å²) in [6.07, 6.45) is 0.678. The summed E-state index contributed by atoms with van der Waals surface area (Å²) in [7, 11) is 0. The average Bonchev–Trinajstić information content (AvgIpc) is 2.33.